The van der Waals surface area contributed by atoms with Gasteiger partial charge in [-0.25, -0.2) is 14.4 Å². The standard InChI is InChI=1S/C16H25NO8/c1-5-23-13(20)12(19)8-11(4)9-16(17-10-18,14(21)24-6-2)15(22)25-7-3/h10,12,19H,4-9H2,1-3H3,(H,17,18). The molecule has 0 rings (SSSR count). The molecule has 0 aliphatic carbocycles. The van der Waals surface area contributed by atoms with Gasteiger partial charge >= 0.3 is 17.9 Å². The van der Waals surface area contributed by atoms with E-state index in [1.807, 2.05) is 0 Å². The molecule has 9 nitrogen and oxygen atoms in total. The van der Waals surface area contributed by atoms with Crippen molar-refractivity contribution in [2.45, 2.75) is 45.3 Å². The van der Waals surface area contributed by atoms with Gasteiger partial charge in [0.1, 0.15) is 0 Å². The van der Waals surface area contributed by atoms with E-state index in [0.29, 0.717) is 0 Å². The van der Waals surface area contributed by atoms with Crippen molar-refractivity contribution in [3.05, 3.63) is 12.2 Å². The van der Waals surface area contributed by atoms with Crippen LogP contribution in [0.15, 0.2) is 12.2 Å². The smallest absolute Gasteiger partial charge is 0.344 e. The molecular formula is C16H25NO8. The first kappa shape index (κ1) is 22.6. The van der Waals surface area contributed by atoms with Gasteiger partial charge < -0.3 is 24.6 Å². The number of rotatable bonds is 12. The van der Waals surface area contributed by atoms with Gasteiger partial charge in [-0.05, 0) is 20.8 Å². The molecule has 0 aliphatic rings. The van der Waals surface area contributed by atoms with Crippen molar-refractivity contribution in [1.29, 1.82) is 0 Å². The molecule has 9 heteroatoms. The zero-order chi connectivity index (χ0) is 19.5. The first-order valence-electron chi connectivity index (χ1n) is 7.86. The van der Waals surface area contributed by atoms with Crippen molar-refractivity contribution >= 4 is 24.3 Å². The number of aliphatic hydroxyl groups excluding tert-OH is 1. The fourth-order valence-corrected chi connectivity index (χ4v) is 2.05. The molecule has 0 aromatic rings. The fourth-order valence-electron chi connectivity index (χ4n) is 2.05. The number of carbonyl (C=O) groups excluding carboxylic acids is 4. The quantitative estimate of drug-likeness (QED) is 0.162. The summed E-state index contributed by atoms with van der Waals surface area (Å²) in [5, 5.41) is 11.9. The average Bonchev–Trinajstić information content (AvgIpc) is 2.54. The van der Waals surface area contributed by atoms with Crippen LogP contribution in [0.3, 0.4) is 0 Å². The highest BCUT2D eigenvalue weighted by Gasteiger charge is 2.49. The highest BCUT2D eigenvalue weighted by Crippen LogP contribution is 2.23. The van der Waals surface area contributed by atoms with Crippen molar-refractivity contribution in [2.24, 2.45) is 0 Å². The second kappa shape index (κ2) is 11.2. The predicted octanol–water partition coefficient (Wildman–Crippen LogP) is -0.142. The summed E-state index contributed by atoms with van der Waals surface area (Å²) in [7, 11) is 0. The van der Waals surface area contributed by atoms with E-state index in [-0.39, 0.29) is 38.2 Å². The molecule has 0 radical (unpaired) electrons. The first-order chi connectivity index (χ1) is 11.8. The zero-order valence-corrected chi connectivity index (χ0v) is 14.7. The van der Waals surface area contributed by atoms with Crippen LogP contribution in [0, 0.1) is 0 Å². The topological polar surface area (TPSA) is 128 Å². The SMILES string of the molecule is C=C(CC(O)C(=O)OCC)CC(NC=O)(C(=O)OCC)C(=O)OCC. The van der Waals surface area contributed by atoms with Crippen LogP contribution in [0.5, 0.6) is 0 Å². The highest BCUT2D eigenvalue weighted by molar-refractivity contribution is 6.06. The molecule has 1 unspecified atom stereocenters. The molecule has 1 amide bonds. The molecule has 25 heavy (non-hydrogen) atoms. The Morgan fingerprint density at radius 1 is 1.08 bits per heavy atom. The minimum Gasteiger partial charge on any atom is -0.464 e. The Balaban J connectivity index is 5.41. The lowest BCUT2D eigenvalue weighted by Gasteiger charge is -2.29. The maximum Gasteiger partial charge on any atom is 0.344 e. The lowest BCUT2D eigenvalue weighted by atomic mass is 9.89. The number of aliphatic hydroxyl groups is 1. The molecule has 0 saturated carbocycles. The van der Waals surface area contributed by atoms with Gasteiger partial charge in [0, 0.05) is 12.8 Å². The van der Waals surface area contributed by atoms with Gasteiger partial charge in [0.2, 0.25) is 11.9 Å². The molecule has 0 fully saturated rings. The minimum atomic E-state index is -2.14. The third-order valence-corrected chi connectivity index (χ3v) is 3.11. The molecule has 0 spiro atoms. The lowest BCUT2D eigenvalue weighted by molar-refractivity contribution is -0.167. The number of nitrogens with one attached hydrogen (secondary N) is 1. The Morgan fingerprint density at radius 2 is 1.56 bits per heavy atom. The van der Waals surface area contributed by atoms with Crippen LogP contribution >= 0.6 is 0 Å². The van der Waals surface area contributed by atoms with E-state index in [0.717, 1.165) is 0 Å². The molecule has 1 atom stereocenters. The molecule has 0 heterocycles. The van der Waals surface area contributed by atoms with E-state index in [4.69, 9.17) is 9.47 Å². The summed E-state index contributed by atoms with van der Waals surface area (Å²) in [6, 6.07) is 0. The molecule has 142 valence electrons. The maximum atomic E-state index is 12.3. The second-order valence-corrected chi connectivity index (χ2v) is 5.01. The number of carbonyl (C=O) groups is 4. The number of amides is 1. The largest absolute Gasteiger partial charge is 0.464 e. The second-order valence-electron chi connectivity index (χ2n) is 5.01. The number of hydrogen-bond acceptors (Lipinski definition) is 8. The summed E-state index contributed by atoms with van der Waals surface area (Å²) in [5.74, 6) is -2.90. The molecule has 0 bridgehead atoms. The number of ether oxygens (including phenoxy) is 3. The van der Waals surface area contributed by atoms with Crippen LogP contribution in [-0.4, -0.2) is 60.9 Å². The Labute approximate surface area is 146 Å². The molecule has 0 aromatic carbocycles. The van der Waals surface area contributed by atoms with Crippen LogP contribution in [0.4, 0.5) is 0 Å². The van der Waals surface area contributed by atoms with Gasteiger partial charge in [0.25, 0.3) is 0 Å². The summed E-state index contributed by atoms with van der Waals surface area (Å²) in [5.41, 5.74) is -1.99. The van der Waals surface area contributed by atoms with E-state index in [1.165, 1.54) is 13.8 Å². The third-order valence-electron chi connectivity index (χ3n) is 3.11. The van der Waals surface area contributed by atoms with E-state index >= 15 is 0 Å². The molecule has 0 saturated heterocycles. The van der Waals surface area contributed by atoms with E-state index < -0.39 is 36.0 Å². The van der Waals surface area contributed by atoms with Crippen LogP contribution in [0.1, 0.15) is 33.6 Å². The van der Waals surface area contributed by atoms with Crippen LogP contribution in [0.25, 0.3) is 0 Å². The fraction of sp³-hybridized carbons (Fsp3) is 0.625. The Hall–Kier alpha value is -2.42. The molecule has 2 N–H and O–H groups in total. The van der Waals surface area contributed by atoms with Gasteiger partial charge in [-0.3, -0.25) is 4.79 Å². The Bertz CT molecular complexity index is 484. The van der Waals surface area contributed by atoms with E-state index in [9.17, 15) is 24.3 Å². The number of esters is 3. The molecular weight excluding hydrogens is 334 g/mol. The summed E-state index contributed by atoms with van der Waals surface area (Å²) in [6.45, 7) is 8.33. The normalized spacial score (nSPS) is 11.8. The van der Waals surface area contributed by atoms with Crippen molar-refractivity contribution in [1.82, 2.24) is 5.32 Å². The summed E-state index contributed by atoms with van der Waals surface area (Å²) in [6.07, 6.45) is -2.01. The zero-order valence-electron chi connectivity index (χ0n) is 14.7. The summed E-state index contributed by atoms with van der Waals surface area (Å²) in [4.78, 5) is 47.0. The summed E-state index contributed by atoms with van der Waals surface area (Å²) < 4.78 is 14.4. The van der Waals surface area contributed by atoms with Crippen LogP contribution in [-0.2, 0) is 33.4 Å². The Kier molecular flexibility index (Phi) is 10.1. The van der Waals surface area contributed by atoms with Gasteiger partial charge in [-0.15, -0.1) is 0 Å². The van der Waals surface area contributed by atoms with Crippen LogP contribution < -0.4 is 5.32 Å². The molecule has 0 aliphatic heterocycles. The van der Waals surface area contributed by atoms with Gasteiger partial charge in [0.15, 0.2) is 6.10 Å². The maximum absolute atomic E-state index is 12.3. The molecule has 0 aromatic heterocycles. The van der Waals surface area contributed by atoms with Crippen molar-refractivity contribution < 1.29 is 38.5 Å². The Morgan fingerprint density at radius 3 is 1.96 bits per heavy atom. The third kappa shape index (κ3) is 6.54. The number of hydrogen-bond donors (Lipinski definition) is 2. The van der Waals surface area contributed by atoms with E-state index in [1.54, 1.807) is 6.92 Å². The van der Waals surface area contributed by atoms with Crippen molar-refractivity contribution in [2.75, 3.05) is 19.8 Å². The average molecular weight is 359 g/mol. The minimum absolute atomic E-state index is 0.0293. The lowest BCUT2D eigenvalue weighted by Crippen LogP contribution is -2.59. The monoisotopic (exact) mass is 359 g/mol. The van der Waals surface area contributed by atoms with Crippen molar-refractivity contribution in [3.63, 3.8) is 0 Å². The first-order valence-corrected chi connectivity index (χ1v) is 7.86. The summed E-state index contributed by atoms with van der Waals surface area (Å²) >= 11 is 0. The predicted molar refractivity (Wildman–Crippen MR) is 86.2 cm³/mol. The van der Waals surface area contributed by atoms with Gasteiger partial charge in [-0.1, -0.05) is 12.2 Å². The highest BCUT2D eigenvalue weighted by atomic mass is 16.6. The van der Waals surface area contributed by atoms with E-state index in [2.05, 4.69) is 16.6 Å². The van der Waals surface area contributed by atoms with Crippen molar-refractivity contribution in [3.8, 4) is 0 Å². The van der Waals surface area contributed by atoms with Crippen LogP contribution in [0.2, 0.25) is 0 Å². The van der Waals surface area contributed by atoms with Gasteiger partial charge in [-0.2, -0.15) is 0 Å². The van der Waals surface area contributed by atoms with Gasteiger partial charge in [0.05, 0.1) is 19.8 Å².